The van der Waals surface area contributed by atoms with Gasteiger partial charge in [-0.15, -0.1) is 0 Å². The molecule has 1 aliphatic rings. The summed E-state index contributed by atoms with van der Waals surface area (Å²) in [4.78, 5) is 9.33. The molecule has 6 heavy (non-hydrogen) atoms. The summed E-state index contributed by atoms with van der Waals surface area (Å²) in [7, 11) is 0. The topological polar surface area (TPSA) is 42.0 Å². The second-order valence-corrected chi connectivity index (χ2v) is 1.27. The summed E-state index contributed by atoms with van der Waals surface area (Å²) in [6.45, 7) is 1.06. The number of nitrogens with zero attached hydrogens (tertiary/aromatic N) is 1. The highest BCUT2D eigenvalue weighted by Gasteiger charge is 2.21. The number of nitroso groups, excluding NO2 is 1. The first kappa shape index (κ1) is 3.74. The lowest BCUT2D eigenvalue weighted by Crippen LogP contribution is -1.86. The molecule has 0 N–H and O–H groups in total. The first-order valence-corrected chi connectivity index (χ1v) is 1.84. The molecule has 3 heteroatoms. The van der Waals surface area contributed by atoms with Crippen molar-refractivity contribution in [2.45, 2.75) is 6.10 Å². The molecule has 0 amide bonds. The van der Waals surface area contributed by atoms with E-state index >= 15 is 0 Å². The van der Waals surface area contributed by atoms with Crippen LogP contribution >= 0.6 is 0 Å². The van der Waals surface area contributed by atoms with Crippen LogP contribution in [0.5, 0.6) is 0 Å². The Hall–Kier alpha value is -0.440. The van der Waals surface area contributed by atoms with Crippen molar-refractivity contribution in [3.8, 4) is 0 Å². The molecule has 34 valence electrons. The van der Waals surface area contributed by atoms with Crippen molar-refractivity contribution in [2.24, 2.45) is 5.18 Å². The van der Waals surface area contributed by atoms with Crippen LogP contribution in [0.25, 0.3) is 0 Å². The van der Waals surface area contributed by atoms with Gasteiger partial charge in [0.1, 0.15) is 12.6 Å². The van der Waals surface area contributed by atoms with E-state index < -0.39 is 0 Å². The maximum atomic E-state index is 9.33. The zero-order valence-corrected chi connectivity index (χ0v) is 3.26. The highest BCUT2D eigenvalue weighted by atomic mass is 16.6. The average molecular weight is 87.1 g/mol. The van der Waals surface area contributed by atoms with Crippen LogP contribution in [0.4, 0.5) is 0 Å². The minimum Gasteiger partial charge on any atom is -0.371 e. The van der Waals surface area contributed by atoms with Gasteiger partial charge < -0.3 is 4.74 Å². The maximum absolute atomic E-state index is 9.33. The number of ether oxygens (including phenoxy) is 1. The third kappa shape index (κ3) is 0.755. The monoisotopic (exact) mass is 87.0 g/mol. The lowest BCUT2D eigenvalue weighted by Gasteiger charge is -1.69. The van der Waals surface area contributed by atoms with E-state index in [0.717, 1.165) is 6.61 Å². The summed E-state index contributed by atoms with van der Waals surface area (Å²) in [5.74, 6) is 0. The second-order valence-electron chi connectivity index (χ2n) is 1.27. The van der Waals surface area contributed by atoms with E-state index in [1.54, 1.807) is 0 Å². The molecule has 0 aromatic rings. The minimum absolute atomic E-state index is 0.169. The van der Waals surface area contributed by atoms with Crippen molar-refractivity contribution < 1.29 is 4.74 Å². The molecule has 3 nitrogen and oxygen atoms in total. The van der Waals surface area contributed by atoms with Crippen LogP contribution in [0.15, 0.2) is 5.18 Å². The van der Waals surface area contributed by atoms with Crippen LogP contribution in [0.2, 0.25) is 0 Å². The number of rotatable bonds is 2. The first-order valence-electron chi connectivity index (χ1n) is 1.84. The van der Waals surface area contributed by atoms with Crippen molar-refractivity contribution in [1.82, 2.24) is 0 Å². The van der Waals surface area contributed by atoms with Gasteiger partial charge in [0.15, 0.2) is 0 Å². The maximum Gasteiger partial charge on any atom is 0.110 e. The van der Waals surface area contributed by atoms with Crippen LogP contribution in [0.3, 0.4) is 0 Å². The molecule has 1 unspecified atom stereocenters. The molecule has 1 rings (SSSR count). The Kier molecular flexibility index (Phi) is 0.837. The van der Waals surface area contributed by atoms with Crippen molar-refractivity contribution in [2.75, 3.05) is 13.2 Å². The molecule has 0 bridgehead atoms. The predicted molar refractivity (Wildman–Crippen MR) is 20.4 cm³/mol. The lowest BCUT2D eigenvalue weighted by atomic mass is 10.5. The van der Waals surface area contributed by atoms with Crippen molar-refractivity contribution in [3.63, 3.8) is 0 Å². The Morgan fingerprint density at radius 3 is 2.83 bits per heavy atom. The van der Waals surface area contributed by atoms with Gasteiger partial charge in [-0.2, -0.15) is 4.91 Å². The van der Waals surface area contributed by atoms with Crippen LogP contribution in [0, 0.1) is 4.91 Å². The lowest BCUT2D eigenvalue weighted by molar-refractivity contribution is 0.412. The second kappa shape index (κ2) is 1.34. The van der Waals surface area contributed by atoms with Gasteiger partial charge >= 0.3 is 0 Å². The number of hydrogen-bond donors (Lipinski definition) is 0. The molecule has 0 aromatic heterocycles. The van der Waals surface area contributed by atoms with Crippen LogP contribution in [-0.4, -0.2) is 19.3 Å². The Bertz CT molecular complexity index is 59.8. The molecular formula is C3H5NO2. The van der Waals surface area contributed by atoms with Gasteiger partial charge in [-0.25, -0.2) is 0 Å². The standard InChI is InChI=1S/C3H5NO2/c5-4-1-3-2-6-3/h3H,1-2H2. The third-order valence-electron chi connectivity index (χ3n) is 0.681. The molecule has 1 saturated heterocycles. The summed E-state index contributed by atoms with van der Waals surface area (Å²) in [6, 6.07) is 0. The zero-order chi connectivity index (χ0) is 4.41. The van der Waals surface area contributed by atoms with Gasteiger partial charge in [0.25, 0.3) is 0 Å². The van der Waals surface area contributed by atoms with E-state index in [9.17, 15) is 4.91 Å². The van der Waals surface area contributed by atoms with E-state index in [1.165, 1.54) is 0 Å². The normalized spacial score (nSPS) is 29.7. The van der Waals surface area contributed by atoms with Gasteiger partial charge in [-0.05, 0) is 0 Å². The highest BCUT2D eigenvalue weighted by Crippen LogP contribution is 2.07. The third-order valence-corrected chi connectivity index (χ3v) is 0.681. The van der Waals surface area contributed by atoms with Crippen molar-refractivity contribution in [3.05, 3.63) is 4.91 Å². The fourth-order valence-corrected chi connectivity index (χ4v) is 0.257. The average Bonchev–Trinajstić information content (AvgIpc) is 2.21. The highest BCUT2D eigenvalue weighted by molar-refractivity contribution is 4.70. The molecule has 1 heterocycles. The molecule has 0 aliphatic carbocycles. The van der Waals surface area contributed by atoms with E-state index in [2.05, 4.69) is 9.91 Å². The summed E-state index contributed by atoms with van der Waals surface area (Å²) >= 11 is 0. The van der Waals surface area contributed by atoms with Crippen LogP contribution < -0.4 is 0 Å². The Morgan fingerprint density at radius 1 is 2.00 bits per heavy atom. The van der Waals surface area contributed by atoms with Gasteiger partial charge in [0.2, 0.25) is 0 Å². The van der Waals surface area contributed by atoms with Crippen LogP contribution in [-0.2, 0) is 4.74 Å². The largest absolute Gasteiger partial charge is 0.371 e. The number of hydrogen-bond acceptors (Lipinski definition) is 3. The summed E-state index contributed by atoms with van der Waals surface area (Å²) in [5.41, 5.74) is 0. The predicted octanol–water partition coefficient (Wildman–Crippen LogP) is 0.152. The zero-order valence-electron chi connectivity index (χ0n) is 3.26. The van der Waals surface area contributed by atoms with E-state index in [1.807, 2.05) is 0 Å². The smallest absolute Gasteiger partial charge is 0.110 e. The Balaban J connectivity index is 2.00. The van der Waals surface area contributed by atoms with Gasteiger partial charge in [-0.1, -0.05) is 5.18 Å². The molecule has 0 spiro atoms. The quantitative estimate of drug-likeness (QED) is 0.355. The summed E-state index contributed by atoms with van der Waals surface area (Å²) in [5, 5.41) is 2.62. The molecule has 0 aromatic carbocycles. The van der Waals surface area contributed by atoms with Gasteiger partial charge in [0.05, 0.1) is 6.61 Å². The molecule has 0 radical (unpaired) electrons. The first-order chi connectivity index (χ1) is 2.93. The Labute approximate surface area is 35.3 Å². The fourth-order valence-electron chi connectivity index (χ4n) is 0.257. The molecule has 0 saturated carbocycles. The van der Waals surface area contributed by atoms with E-state index in [-0.39, 0.29) is 6.10 Å². The van der Waals surface area contributed by atoms with E-state index in [0.29, 0.717) is 6.54 Å². The van der Waals surface area contributed by atoms with E-state index in [4.69, 9.17) is 0 Å². The number of epoxide rings is 1. The summed E-state index contributed by atoms with van der Waals surface area (Å²) in [6.07, 6.45) is 0.169. The SMILES string of the molecule is O=NCC1CO1. The molecular weight excluding hydrogens is 82.0 g/mol. The summed E-state index contributed by atoms with van der Waals surface area (Å²) < 4.78 is 4.66. The van der Waals surface area contributed by atoms with Gasteiger partial charge in [-0.3, -0.25) is 0 Å². The minimum atomic E-state index is 0.169. The fraction of sp³-hybridized carbons (Fsp3) is 1.00. The van der Waals surface area contributed by atoms with Crippen molar-refractivity contribution >= 4 is 0 Å². The van der Waals surface area contributed by atoms with Crippen molar-refractivity contribution in [1.29, 1.82) is 0 Å². The Morgan fingerprint density at radius 2 is 2.67 bits per heavy atom. The van der Waals surface area contributed by atoms with Gasteiger partial charge in [0, 0.05) is 0 Å². The molecule has 1 aliphatic heterocycles. The van der Waals surface area contributed by atoms with Crippen LogP contribution in [0.1, 0.15) is 0 Å². The molecule has 1 atom stereocenters. The molecule has 1 fully saturated rings.